The lowest BCUT2D eigenvalue weighted by atomic mass is 9.95. The van der Waals surface area contributed by atoms with Crippen LogP contribution in [0.25, 0.3) is 11.1 Å². The largest absolute Gasteiger partial charge is 0.390 e. The summed E-state index contributed by atoms with van der Waals surface area (Å²) in [7, 11) is 0. The fraction of sp³-hybridized carbons (Fsp3) is 0.424. The first-order valence-electron chi connectivity index (χ1n) is 15.3. The van der Waals surface area contributed by atoms with E-state index in [1.165, 1.54) is 6.92 Å². The standard InChI is InChI=1S/C33H37BrN8O4/c1-17-5-6-27(34)39-31(17)40-32(46)25-9-33(16-41-14-23(44)15-41)10-26(33)42(25)28(45)13-38-30-18(2)7-21(8-24(30)29(35)19(3)43)22-11-36-20(4)37-12-22/h5-8,11-12,23,25-26,35,38,44H,9-10,13-16H2,1-4H3,(H,39,40,46)/t25-,26+,33-/m0/s1. The first kappa shape index (κ1) is 31.9. The molecule has 2 aliphatic heterocycles. The number of hydrogen-bond donors (Lipinski definition) is 4. The van der Waals surface area contributed by atoms with E-state index in [1.807, 2.05) is 26.0 Å². The quantitative estimate of drug-likeness (QED) is 0.185. The van der Waals surface area contributed by atoms with Crippen molar-refractivity contribution in [3.63, 3.8) is 0 Å². The second-order valence-corrected chi connectivity index (χ2v) is 13.6. The van der Waals surface area contributed by atoms with Gasteiger partial charge < -0.3 is 20.6 Å². The van der Waals surface area contributed by atoms with Gasteiger partial charge in [0.1, 0.15) is 28.0 Å². The van der Waals surface area contributed by atoms with Crippen LogP contribution in [0.3, 0.4) is 0 Å². The van der Waals surface area contributed by atoms with Gasteiger partial charge in [-0.05, 0) is 84.4 Å². The fourth-order valence-corrected chi connectivity index (χ4v) is 7.07. The normalized spacial score (nSPS) is 22.2. The molecular weight excluding hydrogens is 652 g/mol. The summed E-state index contributed by atoms with van der Waals surface area (Å²) in [6.07, 6.45) is 4.36. The van der Waals surface area contributed by atoms with Gasteiger partial charge in [0, 0.05) is 67.2 Å². The Morgan fingerprint density at radius 1 is 1.07 bits per heavy atom. The monoisotopic (exact) mass is 688 g/mol. The summed E-state index contributed by atoms with van der Waals surface area (Å²) < 4.78 is 0.593. The zero-order valence-electron chi connectivity index (χ0n) is 26.2. The summed E-state index contributed by atoms with van der Waals surface area (Å²) in [5, 5.41) is 24.6. The number of anilines is 2. The van der Waals surface area contributed by atoms with Gasteiger partial charge in [-0.3, -0.25) is 24.7 Å². The molecule has 2 saturated heterocycles. The Bertz CT molecular complexity index is 1740. The molecule has 4 N–H and O–H groups in total. The number of hydrogen-bond acceptors (Lipinski definition) is 10. The number of aliphatic hydroxyl groups is 1. The van der Waals surface area contributed by atoms with E-state index in [9.17, 15) is 19.5 Å². The van der Waals surface area contributed by atoms with Crippen molar-refractivity contribution in [1.29, 1.82) is 5.41 Å². The molecule has 3 atom stereocenters. The predicted octanol–water partition coefficient (Wildman–Crippen LogP) is 3.27. The molecule has 0 bridgehead atoms. The van der Waals surface area contributed by atoms with Crippen molar-refractivity contribution in [2.45, 2.75) is 58.7 Å². The van der Waals surface area contributed by atoms with E-state index < -0.39 is 11.8 Å². The zero-order chi connectivity index (χ0) is 32.9. The molecule has 3 aliphatic rings. The summed E-state index contributed by atoms with van der Waals surface area (Å²) >= 11 is 3.37. The smallest absolute Gasteiger partial charge is 0.248 e. The molecule has 240 valence electrons. The molecular formula is C33H37BrN8O4. The van der Waals surface area contributed by atoms with Crippen molar-refractivity contribution in [1.82, 2.24) is 24.8 Å². The van der Waals surface area contributed by atoms with Gasteiger partial charge in [0.25, 0.3) is 0 Å². The highest BCUT2D eigenvalue weighted by molar-refractivity contribution is 9.10. The maximum atomic E-state index is 14.0. The molecule has 46 heavy (non-hydrogen) atoms. The number of likely N-dealkylation sites (tertiary alicyclic amines) is 2. The number of nitrogens with one attached hydrogen (secondary N) is 3. The molecule has 6 rings (SSSR count). The van der Waals surface area contributed by atoms with Gasteiger partial charge in [0.15, 0.2) is 5.78 Å². The average Bonchev–Trinajstić information content (AvgIpc) is 3.59. The molecule has 2 amide bonds. The molecule has 3 aromatic rings. The number of carbonyl (C=O) groups is 3. The number of pyridine rings is 1. The Hall–Kier alpha value is -4.07. The maximum Gasteiger partial charge on any atom is 0.248 e. The topological polar surface area (TPSA) is 165 Å². The molecule has 4 heterocycles. The highest BCUT2D eigenvalue weighted by Crippen LogP contribution is 2.60. The highest BCUT2D eigenvalue weighted by atomic mass is 79.9. The highest BCUT2D eigenvalue weighted by Gasteiger charge is 2.67. The van der Waals surface area contributed by atoms with E-state index in [-0.39, 0.29) is 41.6 Å². The average molecular weight is 690 g/mol. The molecule has 0 radical (unpaired) electrons. The zero-order valence-corrected chi connectivity index (χ0v) is 27.8. The van der Waals surface area contributed by atoms with Gasteiger partial charge in [0.05, 0.1) is 12.6 Å². The Morgan fingerprint density at radius 3 is 2.46 bits per heavy atom. The molecule has 0 unspecified atom stereocenters. The molecule has 13 heteroatoms. The number of aryl methyl sites for hydroxylation is 3. The SMILES string of the molecule is CC(=O)C(=N)c1cc(-c2cnc(C)nc2)cc(C)c1NCC(=O)N1[C@H](C(=O)Nc2nc(Br)ccc2C)C[C@@]2(CN3CC(O)C3)C[C@@H]12. The van der Waals surface area contributed by atoms with E-state index in [0.29, 0.717) is 53.6 Å². The van der Waals surface area contributed by atoms with Crippen LogP contribution in [0.5, 0.6) is 0 Å². The fourth-order valence-electron chi connectivity index (χ4n) is 6.76. The van der Waals surface area contributed by atoms with Gasteiger partial charge in [-0.15, -0.1) is 0 Å². The number of halogens is 1. The molecule has 0 spiro atoms. The van der Waals surface area contributed by atoms with E-state index >= 15 is 0 Å². The van der Waals surface area contributed by atoms with Crippen molar-refractivity contribution in [3.8, 4) is 11.1 Å². The van der Waals surface area contributed by atoms with Crippen LogP contribution >= 0.6 is 15.9 Å². The van der Waals surface area contributed by atoms with E-state index in [1.54, 1.807) is 36.4 Å². The van der Waals surface area contributed by atoms with Crippen LogP contribution in [0.4, 0.5) is 11.5 Å². The third-order valence-electron chi connectivity index (χ3n) is 9.28. The van der Waals surface area contributed by atoms with Crippen molar-refractivity contribution in [2.24, 2.45) is 5.41 Å². The minimum atomic E-state index is -0.695. The number of fused-ring (bicyclic) bond motifs is 1. The number of β-amino-alcohol motifs (C(OH)–C–C–N with tert-alkyl or cyclic N) is 1. The molecule has 1 saturated carbocycles. The second kappa shape index (κ2) is 12.3. The van der Waals surface area contributed by atoms with Crippen molar-refractivity contribution >= 4 is 50.7 Å². The number of aliphatic hydroxyl groups excluding tert-OH is 1. The molecule has 1 aromatic carbocycles. The number of Topliss-reactive ketones (excluding diaryl/α,β-unsaturated/α-hetero) is 1. The molecule has 12 nitrogen and oxygen atoms in total. The van der Waals surface area contributed by atoms with Crippen molar-refractivity contribution in [2.75, 3.05) is 36.8 Å². The van der Waals surface area contributed by atoms with E-state index in [4.69, 9.17) is 5.41 Å². The summed E-state index contributed by atoms with van der Waals surface area (Å²) in [6, 6.07) is 6.51. The minimum absolute atomic E-state index is 0.105. The maximum absolute atomic E-state index is 14.0. The summed E-state index contributed by atoms with van der Waals surface area (Å²) in [6.45, 7) is 8.63. The first-order chi connectivity index (χ1) is 21.8. The third kappa shape index (κ3) is 6.18. The molecule has 2 aromatic heterocycles. The first-order valence-corrected chi connectivity index (χ1v) is 16.1. The number of aromatic nitrogens is 3. The van der Waals surface area contributed by atoms with Crippen molar-refractivity contribution < 1.29 is 19.5 Å². The number of ketones is 1. The van der Waals surface area contributed by atoms with Crippen LogP contribution in [0, 0.1) is 31.6 Å². The van der Waals surface area contributed by atoms with E-state index in [2.05, 4.69) is 46.4 Å². The Kier molecular flexibility index (Phi) is 8.51. The predicted molar refractivity (Wildman–Crippen MR) is 177 cm³/mol. The molecule has 1 aliphatic carbocycles. The number of nitrogens with zero attached hydrogens (tertiary/aromatic N) is 5. The van der Waals surface area contributed by atoms with Crippen molar-refractivity contribution in [3.05, 3.63) is 63.8 Å². The van der Waals surface area contributed by atoms with Crippen LogP contribution in [-0.4, -0.2) is 97.5 Å². The summed E-state index contributed by atoms with van der Waals surface area (Å²) in [5.41, 5.74) is 3.54. The number of carbonyl (C=O) groups excluding carboxylic acids is 3. The minimum Gasteiger partial charge on any atom is -0.390 e. The van der Waals surface area contributed by atoms with Crippen LogP contribution in [0.1, 0.15) is 42.3 Å². The summed E-state index contributed by atoms with van der Waals surface area (Å²) in [5.74, 6) is 0.123. The van der Waals surface area contributed by atoms with Gasteiger partial charge in [-0.2, -0.15) is 0 Å². The lowest BCUT2D eigenvalue weighted by Gasteiger charge is -2.38. The Balaban J connectivity index is 1.25. The van der Waals surface area contributed by atoms with Gasteiger partial charge >= 0.3 is 0 Å². The lowest BCUT2D eigenvalue weighted by molar-refractivity contribution is -0.136. The van der Waals surface area contributed by atoms with Crippen LogP contribution < -0.4 is 10.6 Å². The Morgan fingerprint density at radius 2 is 1.78 bits per heavy atom. The van der Waals surface area contributed by atoms with Gasteiger partial charge in [0.2, 0.25) is 11.8 Å². The Labute approximate surface area is 275 Å². The lowest BCUT2D eigenvalue weighted by Crippen LogP contribution is -2.52. The second-order valence-electron chi connectivity index (χ2n) is 12.8. The van der Waals surface area contributed by atoms with Crippen LogP contribution in [0.2, 0.25) is 0 Å². The number of piperidine rings is 1. The number of amides is 2. The number of benzene rings is 1. The summed E-state index contributed by atoms with van der Waals surface area (Å²) in [4.78, 5) is 57.0. The molecule has 3 fully saturated rings. The van der Waals surface area contributed by atoms with Gasteiger partial charge in [-0.25, -0.2) is 15.0 Å². The van der Waals surface area contributed by atoms with E-state index in [0.717, 1.165) is 28.7 Å². The van der Waals surface area contributed by atoms with Crippen LogP contribution in [0.15, 0.2) is 41.3 Å². The number of rotatable bonds is 10. The van der Waals surface area contributed by atoms with Crippen LogP contribution in [-0.2, 0) is 14.4 Å². The van der Waals surface area contributed by atoms with Gasteiger partial charge in [-0.1, -0.05) is 6.07 Å². The third-order valence-corrected chi connectivity index (χ3v) is 9.72.